The number of benzene rings is 2. The quantitative estimate of drug-likeness (QED) is 0.507. The van der Waals surface area contributed by atoms with Crippen LogP contribution in [0, 0.1) is 17.2 Å². The van der Waals surface area contributed by atoms with Gasteiger partial charge in [0, 0.05) is 25.7 Å². The van der Waals surface area contributed by atoms with Crippen molar-refractivity contribution in [3.05, 3.63) is 89.1 Å². The van der Waals surface area contributed by atoms with Crippen LogP contribution in [0.1, 0.15) is 66.5 Å². The maximum absolute atomic E-state index is 14.2. The summed E-state index contributed by atoms with van der Waals surface area (Å²) in [4.78, 5) is 30.7. The highest BCUT2D eigenvalue weighted by Gasteiger charge is 2.52. The third-order valence-electron chi connectivity index (χ3n) is 7.82. The number of aliphatic hydroxyl groups is 1. The predicted octanol–water partition coefficient (Wildman–Crippen LogP) is 4.77. The summed E-state index contributed by atoms with van der Waals surface area (Å²) in [5.41, 5.74) is 1.64. The Morgan fingerprint density at radius 1 is 1.13 bits per heavy atom. The number of nitrogens with zero attached hydrogens (tertiary/aromatic N) is 3. The van der Waals surface area contributed by atoms with Gasteiger partial charge in [0.05, 0.1) is 23.3 Å². The van der Waals surface area contributed by atoms with E-state index in [1.807, 2.05) is 30.3 Å². The molecule has 2 aromatic carbocycles. The first kappa shape index (κ1) is 26.1. The summed E-state index contributed by atoms with van der Waals surface area (Å²) in [6, 6.07) is 16.8. The zero-order valence-corrected chi connectivity index (χ0v) is 21.8. The number of aliphatic hydroxyl groups excluding tert-OH is 1. The van der Waals surface area contributed by atoms with Crippen molar-refractivity contribution in [3.63, 3.8) is 0 Å². The van der Waals surface area contributed by atoms with Crippen LogP contribution < -0.4 is 0 Å². The van der Waals surface area contributed by atoms with Crippen LogP contribution in [0.3, 0.4) is 0 Å². The van der Waals surface area contributed by atoms with Crippen molar-refractivity contribution in [1.82, 2.24) is 15.0 Å². The molecule has 2 aliphatic rings. The highest BCUT2D eigenvalue weighted by atomic mass is 19.1. The first-order chi connectivity index (χ1) is 18.3. The molecule has 2 saturated heterocycles. The highest BCUT2D eigenvalue weighted by Crippen LogP contribution is 2.47. The molecular weight excluding hydrogens is 485 g/mol. The number of likely N-dealkylation sites (tertiary alicyclic amines) is 2. The smallest absolute Gasteiger partial charge is 0.292 e. The van der Waals surface area contributed by atoms with Crippen LogP contribution in [-0.4, -0.2) is 51.1 Å². The van der Waals surface area contributed by atoms with Gasteiger partial charge in [0.15, 0.2) is 0 Å². The number of carbonyl (C=O) groups is 2. The first-order valence-corrected chi connectivity index (χ1v) is 13.3. The molecule has 2 amide bonds. The number of carbonyl (C=O) groups excluding carboxylic acids is 2. The molecule has 0 bridgehead atoms. The number of hydrogen-bond acceptors (Lipinski definition) is 5. The van der Waals surface area contributed by atoms with E-state index in [1.165, 1.54) is 12.1 Å². The Bertz CT molecular complexity index is 1270. The predicted molar refractivity (Wildman–Crippen MR) is 139 cm³/mol. The van der Waals surface area contributed by atoms with Gasteiger partial charge in [0.2, 0.25) is 11.7 Å². The highest BCUT2D eigenvalue weighted by molar-refractivity contribution is 5.92. The van der Waals surface area contributed by atoms with Gasteiger partial charge in [0.25, 0.3) is 5.91 Å². The van der Waals surface area contributed by atoms with Gasteiger partial charge in [-0.2, -0.15) is 0 Å². The van der Waals surface area contributed by atoms with Crippen LogP contribution in [0.15, 0.2) is 65.2 Å². The number of amides is 2. The van der Waals surface area contributed by atoms with Crippen molar-refractivity contribution in [3.8, 4) is 0 Å². The second-order valence-electron chi connectivity index (χ2n) is 11.0. The van der Waals surface area contributed by atoms with E-state index >= 15 is 0 Å². The van der Waals surface area contributed by atoms with Gasteiger partial charge in [-0.25, -0.2) is 4.39 Å². The summed E-state index contributed by atoms with van der Waals surface area (Å²) in [5, 5.41) is 15.5. The molecule has 0 radical (unpaired) electrons. The lowest BCUT2D eigenvalue weighted by molar-refractivity contribution is -0.164. The second-order valence-corrected chi connectivity index (χ2v) is 11.0. The fraction of sp³-hybridized carbons (Fsp3) is 0.433. The van der Waals surface area contributed by atoms with Crippen molar-refractivity contribution in [1.29, 1.82) is 0 Å². The van der Waals surface area contributed by atoms with Gasteiger partial charge in [-0.05, 0) is 54.9 Å². The van der Waals surface area contributed by atoms with Gasteiger partial charge >= 0.3 is 0 Å². The van der Waals surface area contributed by atoms with Crippen LogP contribution in [0.4, 0.5) is 4.39 Å². The zero-order chi connectivity index (χ0) is 26.9. The summed E-state index contributed by atoms with van der Waals surface area (Å²) in [7, 11) is 0. The molecule has 8 heteroatoms. The Hall–Kier alpha value is -3.52. The summed E-state index contributed by atoms with van der Waals surface area (Å²) >= 11 is 0. The van der Waals surface area contributed by atoms with E-state index in [0.29, 0.717) is 38.3 Å². The Kier molecular flexibility index (Phi) is 7.34. The van der Waals surface area contributed by atoms with E-state index in [4.69, 9.17) is 4.52 Å². The minimum atomic E-state index is -0.773. The van der Waals surface area contributed by atoms with Crippen molar-refractivity contribution < 1.29 is 23.6 Å². The molecule has 1 N–H and O–H groups in total. The minimum Gasteiger partial charge on any atom is -0.391 e. The zero-order valence-electron chi connectivity index (χ0n) is 21.8. The van der Waals surface area contributed by atoms with E-state index in [1.54, 1.807) is 28.0 Å². The normalized spacial score (nSPS) is 21.3. The van der Waals surface area contributed by atoms with Crippen molar-refractivity contribution in [2.45, 2.75) is 58.2 Å². The van der Waals surface area contributed by atoms with Gasteiger partial charge in [-0.1, -0.05) is 61.5 Å². The Labute approximate surface area is 222 Å². The molecule has 2 atom stereocenters. The van der Waals surface area contributed by atoms with Gasteiger partial charge in [-0.3, -0.25) is 9.59 Å². The standard InChI is InChI=1S/C30H34FN3O4/c1-20(2)16-24-17-26(38-32-24)28(36)33-14-12-30(13-15-33)18-25(35)27(22-6-4-3-5-7-22)34(29(30)37)19-21-8-10-23(31)11-9-21/h3-11,17,20,25,27,35H,12-16,18-19H2,1-2H3/t25-,27+/m1/s1. The lowest BCUT2D eigenvalue weighted by atomic mass is 9.68. The molecule has 1 aromatic heterocycles. The molecule has 7 nitrogen and oxygen atoms in total. The molecular formula is C30H34FN3O4. The van der Waals surface area contributed by atoms with E-state index < -0.39 is 17.6 Å². The molecule has 200 valence electrons. The van der Waals surface area contributed by atoms with Gasteiger partial charge < -0.3 is 19.4 Å². The molecule has 0 saturated carbocycles. The second kappa shape index (κ2) is 10.7. The average Bonchev–Trinajstić information content (AvgIpc) is 3.37. The number of aromatic nitrogens is 1. The third-order valence-corrected chi connectivity index (χ3v) is 7.82. The summed E-state index contributed by atoms with van der Waals surface area (Å²) < 4.78 is 18.9. The largest absolute Gasteiger partial charge is 0.391 e. The van der Waals surface area contributed by atoms with E-state index in [-0.39, 0.29) is 29.9 Å². The topological polar surface area (TPSA) is 86.9 Å². The van der Waals surface area contributed by atoms with E-state index in [9.17, 15) is 19.1 Å². The third kappa shape index (κ3) is 5.23. The van der Waals surface area contributed by atoms with Crippen molar-refractivity contribution >= 4 is 11.8 Å². The van der Waals surface area contributed by atoms with E-state index in [0.717, 1.165) is 23.2 Å². The molecule has 0 unspecified atom stereocenters. The van der Waals surface area contributed by atoms with Gasteiger partial charge in [0.1, 0.15) is 5.82 Å². The molecule has 2 fully saturated rings. The average molecular weight is 520 g/mol. The summed E-state index contributed by atoms with van der Waals surface area (Å²) in [6.45, 7) is 5.20. The molecule has 5 rings (SSSR count). The molecule has 2 aliphatic heterocycles. The number of rotatable bonds is 6. The molecule has 38 heavy (non-hydrogen) atoms. The fourth-order valence-electron chi connectivity index (χ4n) is 5.89. The fourth-order valence-corrected chi connectivity index (χ4v) is 5.89. The summed E-state index contributed by atoms with van der Waals surface area (Å²) in [5.74, 6) is 0.0197. The Morgan fingerprint density at radius 2 is 1.82 bits per heavy atom. The van der Waals surface area contributed by atoms with Crippen molar-refractivity contribution in [2.24, 2.45) is 11.3 Å². The lowest BCUT2D eigenvalue weighted by Gasteiger charge is -2.51. The molecule has 0 aliphatic carbocycles. The van der Waals surface area contributed by atoms with Gasteiger partial charge in [-0.15, -0.1) is 0 Å². The maximum Gasteiger partial charge on any atom is 0.292 e. The van der Waals surface area contributed by atoms with Crippen LogP contribution in [0.2, 0.25) is 0 Å². The molecule has 3 heterocycles. The Morgan fingerprint density at radius 3 is 2.47 bits per heavy atom. The van der Waals surface area contributed by atoms with Crippen LogP contribution in [0.5, 0.6) is 0 Å². The monoisotopic (exact) mass is 519 g/mol. The minimum absolute atomic E-state index is 0.0352. The molecule has 1 spiro atoms. The first-order valence-electron chi connectivity index (χ1n) is 13.3. The van der Waals surface area contributed by atoms with Crippen LogP contribution >= 0.6 is 0 Å². The maximum atomic E-state index is 14.2. The van der Waals surface area contributed by atoms with Crippen LogP contribution in [0.25, 0.3) is 0 Å². The van der Waals surface area contributed by atoms with E-state index in [2.05, 4.69) is 19.0 Å². The summed E-state index contributed by atoms with van der Waals surface area (Å²) in [6.07, 6.45) is 1.18. The number of hydrogen-bond donors (Lipinski definition) is 1. The number of piperidine rings is 2. The van der Waals surface area contributed by atoms with Crippen LogP contribution in [-0.2, 0) is 17.8 Å². The number of halogens is 1. The van der Waals surface area contributed by atoms with Crippen molar-refractivity contribution in [2.75, 3.05) is 13.1 Å². The SMILES string of the molecule is CC(C)Cc1cc(C(=O)N2CCC3(CC2)C[C@@H](O)[C@H](c2ccccc2)N(Cc2ccc(F)cc2)C3=O)on1. The Balaban J connectivity index is 1.35. The molecule has 3 aromatic rings. The lowest BCUT2D eigenvalue weighted by Crippen LogP contribution is -2.58.